The first-order valence-corrected chi connectivity index (χ1v) is 1.50. The summed E-state index contributed by atoms with van der Waals surface area (Å²) in [4.78, 5) is 0. The zero-order valence-electron chi connectivity index (χ0n) is 3.82. The van der Waals surface area contributed by atoms with E-state index in [4.69, 9.17) is 0 Å². The molecule has 0 aliphatic carbocycles. The summed E-state index contributed by atoms with van der Waals surface area (Å²) in [6, 6.07) is 0. The summed E-state index contributed by atoms with van der Waals surface area (Å²) in [6.07, 6.45) is 0. The maximum Gasteiger partial charge on any atom is 0 e. The Morgan fingerprint density at radius 2 is 1.00 bits per heavy atom. The first-order valence-electron chi connectivity index (χ1n) is 1.50. The average Bonchev–Trinajstić information content (AvgIpc) is 0.811. The zero-order valence-corrected chi connectivity index (χ0v) is 6.09. The van der Waals surface area contributed by atoms with E-state index in [2.05, 4.69) is 20.8 Å². The van der Waals surface area contributed by atoms with Crippen molar-refractivity contribution in [2.45, 2.75) is 20.8 Å². The minimum atomic E-state index is 0. The van der Waals surface area contributed by atoms with Gasteiger partial charge in [0.2, 0.25) is 0 Å². The van der Waals surface area contributed by atoms with E-state index < -0.39 is 0 Å². The predicted molar refractivity (Wildman–Crippen MR) is 20.3 cm³/mol. The van der Waals surface area contributed by atoms with Crippen molar-refractivity contribution in [2.75, 3.05) is 0 Å². The van der Waals surface area contributed by atoms with Gasteiger partial charge in [-0.3, -0.25) is 0 Å². The van der Waals surface area contributed by atoms with Gasteiger partial charge in [0.15, 0.2) is 0 Å². The van der Waals surface area contributed by atoms with Crippen molar-refractivity contribution in [3.63, 3.8) is 0 Å². The van der Waals surface area contributed by atoms with Gasteiger partial charge in [0, 0.05) is 21.1 Å². The second-order valence-corrected chi connectivity index (χ2v) is 1.50. The van der Waals surface area contributed by atoms with Crippen LogP contribution in [0.5, 0.6) is 0 Å². The Morgan fingerprint density at radius 1 is 1.00 bits per heavy atom. The van der Waals surface area contributed by atoms with Crippen LogP contribution in [-0.4, -0.2) is 0 Å². The summed E-state index contributed by atoms with van der Waals surface area (Å²) in [5, 5.41) is 0. The first-order chi connectivity index (χ1) is 1.73. The number of hydrogen-bond acceptors (Lipinski definition) is 0. The van der Waals surface area contributed by atoms with Crippen LogP contribution >= 0.6 is 0 Å². The molecule has 0 aromatic rings. The molecule has 0 bridgehead atoms. The predicted octanol–water partition coefficient (Wildman–Crippen LogP) is 1.62. The van der Waals surface area contributed by atoms with Gasteiger partial charge in [-0.2, -0.15) is 20.8 Å². The Kier molecular flexibility index (Phi) is 8.62. The molecule has 0 N–H and O–H groups in total. The van der Waals surface area contributed by atoms with E-state index in [0.717, 1.165) is 0 Å². The fourth-order valence-electron chi connectivity index (χ4n) is 0. The molecule has 0 saturated heterocycles. The van der Waals surface area contributed by atoms with E-state index in [1.807, 2.05) is 0 Å². The van der Waals surface area contributed by atoms with Crippen LogP contribution < -0.4 is 0 Å². The van der Waals surface area contributed by atoms with Crippen LogP contribution in [-0.2, 0) is 21.1 Å². The smallest absolute Gasteiger partial charge is 0 e. The Morgan fingerprint density at radius 3 is 1.00 bits per heavy atom. The quantitative estimate of drug-likeness (QED) is 0.575. The molecule has 36 valence electrons. The van der Waals surface area contributed by atoms with Crippen molar-refractivity contribution in [3.05, 3.63) is 5.92 Å². The molecule has 0 rings (SSSR count). The van der Waals surface area contributed by atoms with Crippen LogP contribution in [0.4, 0.5) is 0 Å². The Labute approximate surface area is 48.2 Å². The van der Waals surface area contributed by atoms with Gasteiger partial charge in [-0.15, -0.1) is 0 Å². The van der Waals surface area contributed by atoms with Crippen LogP contribution in [0.15, 0.2) is 0 Å². The molecule has 0 amide bonds. The van der Waals surface area contributed by atoms with Gasteiger partial charge < -0.3 is 5.92 Å². The molecule has 0 radical (unpaired) electrons. The minimum Gasteiger partial charge on any atom is -0.323 e. The fraction of sp³-hybridized carbons (Fsp3) is 0.750. The van der Waals surface area contributed by atoms with Crippen LogP contribution in [0.2, 0.25) is 0 Å². The molecule has 0 unspecified atom stereocenters. The molecule has 0 aliphatic heterocycles. The third kappa shape index (κ3) is 71.5. The summed E-state index contributed by atoms with van der Waals surface area (Å²) in [5.41, 5.74) is 0. The van der Waals surface area contributed by atoms with Crippen molar-refractivity contribution >= 4 is 0 Å². The van der Waals surface area contributed by atoms with Crippen molar-refractivity contribution in [2.24, 2.45) is 0 Å². The van der Waals surface area contributed by atoms with Crippen molar-refractivity contribution in [1.29, 1.82) is 0 Å². The van der Waals surface area contributed by atoms with Crippen LogP contribution in [0, 0.1) is 5.92 Å². The van der Waals surface area contributed by atoms with E-state index in [-0.39, 0.29) is 21.1 Å². The van der Waals surface area contributed by atoms with Gasteiger partial charge in [0.1, 0.15) is 0 Å². The Hall–Kier alpha value is 0.688. The molecular formula is C4H9Pt-. The summed E-state index contributed by atoms with van der Waals surface area (Å²) < 4.78 is 0. The molecule has 0 atom stereocenters. The standard InChI is InChI=1S/C4H9.Pt/c1-4(2)3;/h1-3H3;/q-1;. The molecule has 0 aliphatic rings. The van der Waals surface area contributed by atoms with E-state index >= 15 is 0 Å². The van der Waals surface area contributed by atoms with Crippen molar-refractivity contribution < 1.29 is 21.1 Å². The van der Waals surface area contributed by atoms with Gasteiger partial charge in [0.25, 0.3) is 0 Å². The number of hydrogen-bond donors (Lipinski definition) is 0. The molecule has 0 fully saturated rings. The van der Waals surface area contributed by atoms with E-state index in [1.54, 1.807) is 0 Å². The molecule has 0 spiro atoms. The molecule has 1 heteroatoms. The molecular weight excluding hydrogens is 243 g/mol. The van der Waals surface area contributed by atoms with Crippen LogP contribution in [0.3, 0.4) is 0 Å². The average molecular weight is 252 g/mol. The van der Waals surface area contributed by atoms with E-state index in [1.165, 1.54) is 5.92 Å². The molecule has 0 saturated carbocycles. The fourth-order valence-corrected chi connectivity index (χ4v) is 0. The monoisotopic (exact) mass is 252 g/mol. The minimum absolute atomic E-state index is 0. The maximum absolute atomic E-state index is 2.08. The Balaban J connectivity index is 0. The SMILES string of the molecule is C[C-](C)C.[Pt]. The second kappa shape index (κ2) is 4.69. The molecule has 0 heterocycles. The third-order valence-electron chi connectivity index (χ3n) is 0. The van der Waals surface area contributed by atoms with Crippen molar-refractivity contribution in [1.82, 2.24) is 0 Å². The van der Waals surface area contributed by atoms with Crippen LogP contribution in [0.25, 0.3) is 0 Å². The van der Waals surface area contributed by atoms with Gasteiger partial charge in [-0.05, 0) is 0 Å². The largest absolute Gasteiger partial charge is 0.323 e. The Bertz CT molecular complexity index is 8.36. The number of rotatable bonds is 0. The van der Waals surface area contributed by atoms with Gasteiger partial charge in [-0.25, -0.2) is 0 Å². The van der Waals surface area contributed by atoms with Crippen LogP contribution in [0.1, 0.15) is 20.8 Å². The normalized spacial score (nSPS) is 7.20. The molecule has 5 heavy (non-hydrogen) atoms. The molecule has 0 aromatic carbocycles. The van der Waals surface area contributed by atoms with Gasteiger partial charge in [-0.1, -0.05) is 0 Å². The zero-order chi connectivity index (χ0) is 3.58. The van der Waals surface area contributed by atoms with Crippen molar-refractivity contribution in [3.8, 4) is 0 Å². The van der Waals surface area contributed by atoms with Gasteiger partial charge >= 0.3 is 0 Å². The first kappa shape index (κ1) is 9.19. The molecule has 0 aromatic heterocycles. The van der Waals surface area contributed by atoms with E-state index in [0.29, 0.717) is 0 Å². The summed E-state index contributed by atoms with van der Waals surface area (Å²) in [6.45, 7) is 6.25. The van der Waals surface area contributed by atoms with Gasteiger partial charge in [0.05, 0.1) is 0 Å². The van der Waals surface area contributed by atoms with E-state index in [9.17, 15) is 0 Å². The maximum atomic E-state index is 2.08. The summed E-state index contributed by atoms with van der Waals surface area (Å²) >= 11 is 0. The summed E-state index contributed by atoms with van der Waals surface area (Å²) in [7, 11) is 0. The molecule has 0 nitrogen and oxygen atoms in total. The third-order valence-corrected chi connectivity index (χ3v) is 0. The topological polar surface area (TPSA) is 0 Å². The second-order valence-electron chi connectivity index (χ2n) is 1.50. The summed E-state index contributed by atoms with van der Waals surface area (Å²) in [5.74, 6) is 1.42.